The minimum atomic E-state index is -3.38. The second-order valence-corrected chi connectivity index (χ2v) is 9.46. The highest BCUT2D eigenvalue weighted by atomic mass is 32.2. The number of sulfone groups is 1. The number of carbonyl (C=O) groups is 2. The van der Waals surface area contributed by atoms with E-state index in [2.05, 4.69) is 10.4 Å². The summed E-state index contributed by atoms with van der Waals surface area (Å²) in [4.78, 5) is 24.9. The number of ether oxygens (including phenoxy) is 1. The molecule has 0 saturated heterocycles. The van der Waals surface area contributed by atoms with Crippen molar-refractivity contribution in [1.82, 2.24) is 9.78 Å². The lowest BCUT2D eigenvalue weighted by atomic mass is 10.2. The van der Waals surface area contributed by atoms with E-state index in [0.717, 1.165) is 17.5 Å². The number of amides is 1. The highest BCUT2D eigenvalue weighted by Crippen LogP contribution is 2.24. The van der Waals surface area contributed by atoms with E-state index in [1.807, 2.05) is 60.7 Å². The van der Waals surface area contributed by atoms with E-state index in [1.165, 1.54) is 24.3 Å². The molecule has 1 N–H and O–H groups in total. The van der Waals surface area contributed by atoms with Gasteiger partial charge in [0, 0.05) is 17.9 Å². The Hall–Kier alpha value is -4.24. The van der Waals surface area contributed by atoms with Crippen molar-refractivity contribution in [3.63, 3.8) is 0 Å². The Bertz CT molecular complexity index is 1410. The maximum atomic E-state index is 12.6. The first-order valence-electron chi connectivity index (χ1n) is 10.3. The van der Waals surface area contributed by atoms with E-state index in [-0.39, 0.29) is 10.5 Å². The summed E-state index contributed by atoms with van der Waals surface area (Å²) in [7, 11) is -3.38. The number of esters is 1. The Morgan fingerprint density at radius 1 is 0.912 bits per heavy atom. The van der Waals surface area contributed by atoms with Gasteiger partial charge in [0.15, 0.2) is 16.4 Å². The van der Waals surface area contributed by atoms with Crippen LogP contribution in [0, 0.1) is 0 Å². The lowest BCUT2D eigenvalue weighted by molar-refractivity contribution is -0.119. The summed E-state index contributed by atoms with van der Waals surface area (Å²) in [6.45, 7) is -0.521. The number of nitrogens with zero attached hydrogens (tertiary/aromatic N) is 2. The molecule has 1 heterocycles. The molecule has 4 aromatic rings. The average molecular weight is 476 g/mol. The minimum Gasteiger partial charge on any atom is -0.452 e. The molecule has 0 aliphatic rings. The van der Waals surface area contributed by atoms with E-state index in [4.69, 9.17) is 4.74 Å². The molecule has 4 rings (SSSR count). The third-order valence-electron chi connectivity index (χ3n) is 4.90. The van der Waals surface area contributed by atoms with Crippen LogP contribution in [-0.2, 0) is 19.4 Å². The fourth-order valence-electron chi connectivity index (χ4n) is 3.22. The van der Waals surface area contributed by atoms with Crippen molar-refractivity contribution in [2.24, 2.45) is 0 Å². The zero-order chi connectivity index (χ0) is 24.1. The molecule has 1 amide bonds. The molecule has 0 saturated carbocycles. The van der Waals surface area contributed by atoms with Gasteiger partial charge in [0.05, 0.1) is 21.8 Å². The quantitative estimate of drug-likeness (QED) is 0.408. The molecule has 1 aromatic heterocycles. The highest BCUT2D eigenvalue weighted by molar-refractivity contribution is 7.90. The standard InChI is InChI=1S/C25H21N3O5S/c1-34(31,32)21-14-12-19(13-15-21)25(30)33-17-24(29)26-23-16-22(18-8-4-2-5-9-18)27-28(23)20-10-6-3-7-11-20/h2-16H,17H2,1H3,(H,26,29). The van der Waals surface area contributed by atoms with Crippen molar-refractivity contribution in [3.8, 4) is 16.9 Å². The molecule has 0 aliphatic heterocycles. The lowest BCUT2D eigenvalue weighted by Crippen LogP contribution is -2.22. The van der Waals surface area contributed by atoms with Gasteiger partial charge >= 0.3 is 5.97 Å². The second-order valence-electron chi connectivity index (χ2n) is 7.45. The summed E-state index contributed by atoms with van der Waals surface area (Å²) in [5, 5.41) is 7.36. The van der Waals surface area contributed by atoms with Gasteiger partial charge in [-0.05, 0) is 36.4 Å². The number of carbonyl (C=O) groups excluding carboxylic acids is 2. The Labute approximate surface area is 196 Å². The van der Waals surface area contributed by atoms with Crippen molar-refractivity contribution < 1.29 is 22.7 Å². The Balaban J connectivity index is 1.48. The predicted octanol–water partition coefficient (Wildman–Crippen LogP) is 3.74. The molecule has 172 valence electrons. The van der Waals surface area contributed by atoms with Gasteiger partial charge in [-0.1, -0.05) is 48.5 Å². The fraction of sp³-hybridized carbons (Fsp3) is 0.0800. The number of anilines is 1. The van der Waals surface area contributed by atoms with Crippen molar-refractivity contribution in [3.05, 3.63) is 96.6 Å². The molecule has 0 radical (unpaired) electrons. The zero-order valence-electron chi connectivity index (χ0n) is 18.2. The molecule has 0 spiro atoms. The van der Waals surface area contributed by atoms with Crippen LogP contribution in [-0.4, -0.2) is 42.9 Å². The van der Waals surface area contributed by atoms with Gasteiger partial charge in [-0.2, -0.15) is 5.10 Å². The number of para-hydroxylation sites is 1. The highest BCUT2D eigenvalue weighted by Gasteiger charge is 2.16. The van der Waals surface area contributed by atoms with Crippen molar-refractivity contribution in [2.45, 2.75) is 4.90 Å². The second kappa shape index (κ2) is 9.72. The van der Waals surface area contributed by atoms with E-state index in [9.17, 15) is 18.0 Å². The molecule has 34 heavy (non-hydrogen) atoms. The maximum Gasteiger partial charge on any atom is 0.338 e. The van der Waals surface area contributed by atoms with Gasteiger partial charge in [-0.3, -0.25) is 4.79 Å². The maximum absolute atomic E-state index is 12.6. The summed E-state index contributed by atoms with van der Waals surface area (Å²) in [5.74, 6) is -0.863. The summed E-state index contributed by atoms with van der Waals surface area (Å²) < 4.78 is 29.8. The molecule has 0 unspecified atom stereocenters. The van der Waals surface area contributed by atoms with Gasteiger partial charge in [-0.15, -0.1) is 0 Å². The summed E-state index contributed by atoms with van der Waals surface area (Å²) in [5.41, 5.74) is 2.45. The number of hydrogen-bond donors (Lipinski definition) is 1. The van der Waals surface area contributed by atoms with Gasteiger partial charge in [0.2, 0.25) is 0 Å². The summed E-state index contributed by atoms with van der Waals surface area (Å²) in [6.07, 6.45) is 1.08. The van der Waals surface area contributed by atoms with Crippen LogP contribution in [0.4, 0.5) is 5.82 Å². The number of nitrogens with one attached hydrogen (secondary N) is 1. The zero-order valence-corrected chi connectivity index (χ0v) is 19.0. The summed E-state index contributed by atoms with van der Waals surface area (Å²) >= 11 is 0. The minimum absolute atomic E-state index is 0.0881. The fourth-order valence-corrected chi connectivity index (χ4v) is 3.85. The molecular weight excluding hydrogens is 454 g/mol. The van der Waals surface area contributed by atoms with Crippen LogP contribution in [0.2, 0.25) is 0 Å². The monoisotopic (exact) mass is 475 g/mol. The third kappa shape index (κ3) is 5.38. The molecule has 0 atom stereocenters. The molecular formula is C25H21N3O5S. The van der Waals surface area contributed by atoms with Crippen molar-refractivity contribution in [2.75, 3.05) is 18.2 Å². The first kappa shape index (κ1) is 22.9. The molecule has 0 fully saturated rings. The lowest BCUT2D eigenvalue weighted by Gasteiger charge is -2.09. The van der Waals surface area contributed by atoms with Crippen LogP contribution in [0.15, 0.2) is 95.9 Å². The number of rotatable bonds is 7. The van der Waals surface area contributed by atoms with E-state index in [1.54, 1.807) is 10.7 Å². The van der Waals surface area contributed by atoms with Gasteiger partial charge in [-0.25, -0.2) is 17.9 Å². The van der Waals surface area contributed by atoms with E-state index in [0.29, 0.717) is 11.5 Å². The molecule has 0 bridgehead atoms. The van der Waals surface area contributed by atoms with E-state index >= 15 is 0 Å². The number of benzene rings is 3. The smallest absolute Gasteiger partial charge is 0.338 e. The van der Waals surface area contributed by atoms with Crippen LogP contribution in [0.25, 0.3) is 16.9 Å². The molecule has 8 nitrogen and oxygen atoms in total. The first-order valence-corrected chi connectivity index (χ1v) is 12.2. The third-order valence-corrected chi connectivity index (χ3v) is 6.03. The SMILES string of the molecule is CS(=O)(=O)c1ccc(C(=O)OCC(=O)Nc2cc(-c3ccccc3)nn2-c2ccccc2)cc1. The van der Waals surface area contributed by atoms with Crippen LogP contribution in [0.3, 0.4) is 0 Å². The van der Waals surface area contributed by atoms with E-state index < -0.39 is 28.3 Å². The Kier molecular flexibility index (Phi) is 6.55. The molecule has 9 heteroatoms. The first-order chi connectivity index (χ1) is 16.3. The van der Waals surface area contributed by atoms with Gasteiger partial charge in [0.25, 0.3) is 5.91 Å². The molecule has 3 aromatic carbocycles. The number of hydrogen-bond acceptors (Lipinski definition) is 6. The molecule has 0 aliphatic carbocycles. The Morgan fingerprint density at radius 2 is 1.53 bits per heavy atom. The summed E-state index contributed by atoms with van der Waals surface area (Å²) in [6, 6.07) is 25.9. The van der Waals surface area contributed by atoms with Crippen molar-refractivity contribution in [1.29, 1.82) is 0 Å². The van der Waals surface area contributed by atoms with Gasteiger partial charge < -0.3 is 10.1 Å². The van der Waals surface area contributed by atoms with Crippen LogP contribution < -0.4 is 5.32 Å². The number of aromatic nitrogens is 2. The van der Waals surface area contributed by atoms with Crippen molar-refractivity contribution >= 4 is 27.5 Å². The topological polar surface area (TPSA) is 107 Å². The van der Waals surface area contributed by atoms with Crippen LogP contribution in [0.1, 0.15) is 10.4 Å². The Morgan fingerprint density at radius 3 is 2.15 bits per heavy atom. The van der Waals surface area contributed by atoms with Gasteiger partial charge in [0.1, 0.15) is 5.82 Å². The van der Waals surface area contributed by atoms with Crippen LogP contribution in [0.5, 0.6) is 0 Å². The normalized spacial score (nSPS) is 11.1. The predicted molar refractivity (Wildman–Crippen MR) is 127 cm³/mol. The average Bonchev–Trinajstić information content (AvgIpc) is 3.27. The largest absolute Gasteiger partial charge is 0.452 e. The van der Waals surface area contributed by atoms with Crippen LogP contribution >= 0.6 is 0 Å².